The third kappa shape index (κ3) is 2.86. The van der Waals surface area contributed by atoms with E-state index in [0.717, 1.165) is 4.88 Å². The summed E-state index contributed by atoms with van der Waals surface area (Å²) in [6.07, 6.45) is 1.38. The molecule has 1 aromatic heterocycles. The Morgan fingerprint density at radius 3 is 2.57 bits per heavy atom. The first-order valence-corrected chi connectivity index (χ1v) is 8.10. The highest BCUT2D eigenvalue weighted by atomic mass is 32.1. The van der Waals surface area contributed by atoms with Gasteiger partial charge >= 0.3 is 5.97 Å². The van der Waals surface area contributed by atoms with Gasteiger partial charge in [-0.05, 0) is 42.7 Å². The molecule has 1 heterocycles. The SMILES string of the molecule is COC(=O)[C@@H]1CC[C@H]1C(=O)c1ccc(-c2ccc(N)c(F)c2)s1. The van der Waals surface area contributed by atoms with E-state index in [0.29, 0.717) is 23.3 Å². The standard InChI is InChI=1S/C17H16FNO3S/c1-22-17(21)11-4-3-10(11)16(20)15-7-6-14(23-15)9-2-5-13(19)12(18)8-9/h2,5-8,10-11H,3-4,19H2,1H3/t10-,11-/m1/s1. The number of hydrogen-bond acceptors (Lipinski definition) is 5. The van der Waals surface area contributed by atoms with E-state index in [-0.39, 0.29) is 29.3 Å². The molecule has 1 fully saturated rings. The second kappa shape index (κ2) is 6.12. The topological polar surface area (TPSA) is 69.4 Å². The maximum Gasteiger partial charge on any atom is 0.309 e. The van der Waals surface area contributed by atoms with E-state index in [9.17, 15) is 14.0 Å². The largest absolute Gasteiger partial charge is 0.469 e. The molecule has 0 bridgehead atoms. The lowest BCUT2D eigenvalue weighted by atomic mass is 9.71. The molecule has 1 aliphatic rings. The Bertz CT molecular complexity index is 771. The molecule has 1 saturated carbocycles. The van der Waals surface area contributed by atoms with Crippen molar-refractivity contribution < 1.29 is 18.7 Å². The van der Waals surface area contributed by atoms with Crippen molar-refractivity contribution in [3.05, 3.63) is 41.0 Å². The Balaban J connectivity index is 1.80. The number of methoxy groups -OCH3 is 1. The van der Waals surface area contributed by atoms with Crippen LogP contribution < -0.4 is 5.73 Å². The Kier molecular flexibility index (Phi) is 4.17. The lowest BCUT2D eigenvalue weighted by molar-refractivity contribution is -0.150. The van der Waals surface area contributed by atoms with Crippen molar-refractivity contribution in [2.45, 2.75) is 12.8 Å². The quantitative estimate of drug-likeness (QED) is 0.528. The molecule has 120 valence electrons. The molecule has 2 N–H and O–H groups in total. The van der Waals surface area contributed by atoms with E-state index in [1.807, 2.05) is 0 Å². The van der Waals surface area contributed by atoms with E-state index in [1.54, 1.807) is 18.2 Å². The zero-order valence-corrected chi connectivity index (χ0v) is 13.4. The predicted octanol–water partition coefficient (Wildman–Crippen LogP) is 3.52. The predicted molar refractivity (Wildman–Crippen MR) is 86.7 cm³/mol. The average Bonchev–Trinajstić information content (AvgIpc) is 2.98. The molecule has 1 aliphatic carbocycles. The van der Waals surface area contributed by atoms with Crippen molar-refractivity contribution in [1.82, 2.24) is 0 Å². The zero-order chi connectivity index (χ0) is 16.6. The number of nitrogens with two attached hydrogens (primary N) is 1. The highest BCUT2D eigenvalue weighted by Crippen LogP contribution is 2.40. The fourth-order valence-corrected chi connectivity index (χ4v) is 3.74. The van der Waals surface area contributed by atoms with Gasteiger partial charge in [0.1, 0.15) is 5.82 Å². The maximum atomic E-state index is 13.6. The van der Waals surface area contributed by atoms with Gasteiger partial charge in [-0.3, -0.25) is 9.59 Å². The zero-order valence-electron chi connectivity index (χ0n) is 12.5. The number of hydrogen-bond donors (Lipinski definition) is 1. The van der Waals surface area contributed by atoms with Crippen LogP contribution in [0.3, 0.4) is 0 Å². The molecular formula is C17H16FNO3S. The minimum absolute atomic E-state index is 0.0428. The molecule has 2 aromatic rings. The second-order valence-electron chi connectivity index (χ2n) is 5.58. The number of ether oxygens (including phenoxy) is 1. The van der Waals surface area contributed by atoms with Gasteiger partial charge in [-0.1, -0.05) is 6.07 Å². The smallest absolute Gasteiger partial charge is 0.309 e. The highest BCUT2D eigenvalue weighted by molar-refractivity contribution is 7.17. The number of esters is 1. The van der Waals surface area contributed by atoms with Crippen molar-refractivity contribution in [2.24, 2.45) is 11.8 Å². The third-order valence-electron chi connectivity index (χ3n) is 4.25. The van der Waals surface area contributed by atoms with Gasteiger partial charge in [-0.15, -0.1) is 11.3 Å². The molecule has 0 aliphatic heterocycles. The van der Waals surface area contributed by atoms with Crippen LogP contribution in [-0.2, 0) is 9.53 Å². The van der Waals surface area contributed by atoms with Crippen molar-refractivity contribution in [3.63, 3.8) is 0 Å². The van der Waals surface area contributed by atoms with Gasteiger partial charge in [0.2, 0.25) is 0 Å². The minimum Gasteiger partial charge on any atom is -0.469 e. The molecule has 4 nitrogen and oxygen atoms in total. The molecule has 0 radical (unpaired) electrons. The second-order valence-corrected chi connectivity index (χ2v) is 6.66. The van der Waals surface area contributed by atoms with Gasteiger partial charge in [0, 0.05) is 10.8 Å². The number of anilines is 1. The number of halogens is 1. The molecule has 0 amide bonds. The van der Waals surface area contributed by atoms with Crippen LogP contribution in [0.2, 0.25) is 0 Å². The number of ketones is 1. The van der Waals surface area contributed by atoms with Crippen LogP contribution in [0.25, 0.3) is 10.4 Å². The molecule has 6 heteroatoms. The van der Waals surface area contributed by atoms with Crippen molar-refractivity contribution >= 4 is 28.8 Å². The van der Waals surface area contributed by atoms with Crippen LogP contribution in [-0.4, -0.2) is 18.9 Å². The van der Waals surface area contributed by atoms with Gasteiger partial charge in [-0.25, -0.2) is 4.39 Å². The highest BCUT2D eigenvalue weighted by Gasteiger charge is 2.42. The lowest BCUT2D eigenvalue weighted by Crippen LogP contribution is -2.38. The van der Waals surface area contributed by atoms with Crippen molar-refractivity contribution in [2.75, 3.05) is 12.8 Å². The minimum atomic E-state index is -0.478. The Labute approximate surface area is 137 Å². The van der Waals surface area contributed by atoms with Crippen LogP contribution in [0.5, 0.6) is 0 Å². The molecule has 23 heavy (non-hydrogen) atoms. The molecule has 0 unspecified atom stereocenters. The summed E-state index contributed by atoms with van der Waals surface area (Å²) in [5, 5.41) is 0. The number of thiophene rings is 1. The molecular weight excluding hydrogens is 317 g/mol. The Hall–Kier alpha value is -2.21. The summed E-state index contributed by atoms with van der Waals surface area (Å²) in [7, 11) is 1.33. The van der Waals surface area contributed by atoms with Gasteiger partial charge in [0.05, 0.1) is 23.6 Å². The molecule has 0 saturated heterocycles. The first-order valence-electron chi connectivity index (χ1n) is 7.28. The van der Waals surface area contributed by atoms with Gasteiger partial charge in [0.25, 0.3) is 0 Å². The first kappa shape index (κ1) is 15.7. The molecule has 2 atom stereocenters. The van der Waals surface area contributed by atoms with Crippen molar-refractivity contribution in [1.29, 1.82) is 0 Å². The number of carbonyl (C=O) groups excluding carboxylic acids is 2. The van der Waals surface area contributed by atoms with E-state index in [4.69, 9.17) is 10.5 Å². The average molecular weight is 333 g/mol. The van der Waals surface area contributed by atoms with Crippen LogP contribution >= 0.6 is 11.3 Å². The summed E-state index contributed by atoms with van der Waals surface area (Å²) < 4.78 is 18.3. The third-order valence-corrected chi connectivity index (χ3v) is 5.40. The summed E-state index contributed by atoms with van der Waals surface area (Å²) in [6, 6.07) is 8.10. The maximum absolute atomic E-state index is 13.6. The summed E-state index contributed by atoms with van der Waals surface area (Å²) in [6.45, 7) is 0. The number of rotatable bonds is 4. The van der Waals surface area contributed by atoms with Crippen LogP contribution in [0.4, 0.5) is 10.1 Å². The van der Waals surface area contributed by atoms with Crippen LogP contribution in [0, 0.1) is 17.7 Å². The van der Waals surface area contributed by atoms with Gasteiger partial charge in [-0.2, -0.15) is 0 Å². The number of carbonyl (C=O) groups is 2. The van der Waals surface area contributed by atoms with E-state index < -0.39 is 5.82 Å². The van der Waals surface area contributed by atoms with Crippen molar-refractivity contribution in [3.8, 4) is 10.4 Å². The summed E-state index contributed by atoms with van der Waals surface area (Å²) in [4.78, 5) is 25.5. The van der Waals surface area contributed by atoms with E-state index in [2.05, 4.69) is 0 Å². The number of nitrogen functional groups attached to an aromatic ring is 1. The Morgan fingerprint density at radius 1 is 1.22 bits per heavy atom. The fourth-order valence-electron chi connectivity index (χ4n) is 2.74. The monoisotopic (exact) mass is 333 g/mol. The van der Waals surface area contributed by atoms with Crippen LogP contribution in [0.15, 0.2) is 30.3 Å². The van der Waals surface area contributed by atoms with Crippen LogP contribution in [0.1, 0.15) is 22.5 Å². The molecule has 3 rings (SSSR count). The number of Topliss-reactive ketones (excluding diaryl/α,β-unsaturated/α-hetero) is 1. The number of benzene rings is 1. The summed E-state index contributed by atoms with van der Waals surface area (Å²) in [5.74, 6) is -1.50. The molecule has 1 aromatic carbocycles. The van der Waals surface area contributed by atoms with E-state index >= 15 is 0 Å². The van der Waals surface area contributed by atoms with Gasteiger partial charge in [0.15, 0.2) is 5.78 Å². The normalized spacial score (nSPS) is 19.9. The summed E-state index contributed by atoms with van der Waals surface area (Å²) >= 11 is 1.30. The Morgan fingerprint density at radius 2 is 1.96 bits per heavy atom. The first-order chi connectivity index (χ1) is 11.0. The lowest BCUT2D eigenvalue weighted by Gasteiger charge is -2.32. The molecule has 0 spiro atoms. The van der Waals surface area contributed by atoms with Gasteiger partial charge < -0.3 is 10.5 Å². The fraction of sp³-hybridized carbons (Fsp3) is 0.294. The van der Waals surface area contributed by atoms with E-state index in [1.165, 1.54) is 30.6 Å². The summed E-state index contributed by atoms with van der Waals surface area (Å²) in [5.41, 5.74) is 6.25.